The van der Waals surface area contributed by atoms with Gasteiger partial charge in [0.2, 0.25) is 5.88 Å². The van der Waals surface area contributed by atoms with Gasteiger partial charge >= 0.3 is 0 Å². The minimum absolute atomic E-state index is 0.206. The summed E-state index contributed by atoms with van der Waals surface area (Å²) in [7, 11) is 1.59. The molecular formula is C23H21ClN4O3S. The van der Waals surface area contributed by atoms with Crippen LogP contribution < -0.4 is 15.6 Å². The summed E-state index contributed by atoms with van der Waals surface area (Å²) < 4.78 is 6.76. The maximum atomic E-state index is 13.7. The molecule has 0 saturated heterocycles. The molecule has 1 atom stereocenters. The number of rotatable bonds is 4. The number of methoxy groups -OCH3 is 1. The van der Waals surface area contributed by atoms with Crippen molar-refractivity contribution in [1.29, 1.82) is 0 Å². The number of aromatic hydroxyl groups is 1. The molecule has 9 heteroatoms. The van der Waals surface area contributed by atoms with Gasteiger partial charge in [-0.3, -0.25) is 9.36 Å². The van der Waals surface area contributed by atoms with Crippen LogP contribution in [0.3, 0.4) is 0 Å². The molecule has 3 heterocycles. The molecule has 32 heavy (non-hydrogen) atoms. The lowest BCUT2D eigenvalue weighted by Gasteiger charge is -2.25. The van der Waals surface area contributed by atoms with Crippen molar-refractivity contribution in [3.05, 3.63) is 74.7 Å². The molecule has 1 unspecified atom stereocenters. The summed E-state index contributed by atoms with van der Waals surface area (Å²) in [6, 6.07) is 12.3. The van der Waals surface area contributed by atoms with Gasteiger partial charge in [0.1, 0.15) is 11.3 Å². The normalized spacial score (nSPS) is 15.7. The van der Waals surface area contributed by atoms with Gasteiger partial charge in [0, 0.05) is 28.2 Å². The van der Waals surface area contributed by atoms with Crippen LogP contribution in [0.15, 0.2) is 52.4 Å². The standard InChI is InChI=1S/C23H21ClN4O3S/c1-31-14-6-4-13(5-7-14)28-22(30)18(21(29)27-23(28)32-2)20-19-15(9-10-25-20)16-11-12(24)3-8-17(16)26-19/h3-8,11,20,25-26,29H,9-10H2,1-2H3. The minimum atomic E-state index is -0.523. The summed E-state index contributed by atoms with van der Waals surface area (Å²) >= 11 is 7.51. The van der Waals surface area contributed by atoms with Crippen molar-refractivity contribution in [2.45, 2.75) is 17.6 Å². The van der Waals surface area contributed by atoms with Crippen LogP contribution in [0.25, 0.3) is 16.6 Å². The maximum absolute atomic E-state index is 13.7. The Morgan fingerprint density at radius 3 is 2.75 bits per heavy atom. The van der Waals surface area contributed by atoms with E-state index < -0.39 is 6.04 Å². The number of ether oxygens (including phenoxy) is 1. The highest BCUT2D eigenvalue weighted by Crippen LogP contribution is 2.36. The zero-order chi connectivity index (χ0) is 22.4. The number of hydrogen-bond donors (Lipinski definition) is 3. The Bertz CT molecular complexity index is 1380. The van der Waals surface area contributed by atoms with Gasteiger partial charge in [-0.2, -0.15) is 4.98 Å². The van der Waals surface area contributed by atoms with Crippen LogP contribution in [0.4, 0.5) is 0 Å². The molecule has 4 aromatic rings. The van der Waals surface area contributed by atoms with E-state index in [2.05, 4.69) is 15.3 Å². The topological polar surface area (TPSA) is 92.2 Å². The van der Waals surface area contributed by atoms with E-state index in [9.17, 15) is 9.90 Å². The first-order valence-corrected chi connectivity index (χ1v) is 11.7. The fraction of sp³-hybridized carbons (Fsp3) is 0.217. The van der Waals surface area contributed by atoms with Crippen LogP contribution in [-0.2, 0) is 6.42 Å². The van der Waals surface area contributed by atoms with Gasteiger partial charge in [-0.15, -0.1) is 0 Å². The Balaban J connectivity index is 1.71. The van der Waals surface area contributed by atoms with Crippen LogP contribution in [0, 0.1) is 0 Å². The van der Waals surface area contributed by atoms with Gasteiger partial charge in [-0.25, -0.2) is 0 Å². The number of fused-ring (bicyclic) bond motifs is 3. The number of H-pyrrole nitrogens is 1. The van der Waals surface area contributed by atoms with Gasteiger partial charge in [-0.05, 0) is 60.7 Å². The van der Waals surface area contributed by atoms with E-state index in [0.717, 1.165) is 28.6 Å². The Hall–Kier alpha value is -2.94. The second-order valence-corrected chi connectivity index (χ2v) is 8.73. The second kappa shape index (κ2) is 8.20. The van der Waals surface area contributed by atoms with E-state index in [-0.39, 0.29) is 17.0 Å². The molecule has 1 aliphatic heterocycles. The molecule has 0 radical (unpaired) electrons. The van der Waals surface area contributed by atoms with Crippen molar-refractivity contribution in [2.75, 3.05) is 19.9 Å². The van der Waals surface area contributed by atoms with E-state index in [1.54, 1.807) is 31.4 Å². The Morgan fingerprint density at radius 2 is 2.03 bits per heavy atom. The molecule has 0 bridgehead atoms. The third-order valence-electron chi connectivity index (χ3n) is 5.78. The average Bonchev–Trinajstić information content (AvgIpc) is 3.17. The number of aromatic nitrogens is 3. The van der Waals surface area contributed by atoms with Crippen molar-refractivity contribution >= 4 is 34.3 Å². The summed E-state index contributed by atoms with van der Waals surface area (Å²) in [4.78, 5) is 21.5. The smallest absolute Gasteiger partial charge is 0.267 e. The molecule has 5 rings (SSSR count). The highest BCUT2D eigenvalue weighted by Gasteiger charge is 2.31. The summed E-state index contributed by atoms with van der Waals surface area (Å²) in [6.45, 7) is 0.656. The highest BCUT2D eigenvalue weighted by molar-refractivity contribution is 7.98. The van der Waals surface area contributed by atoms with Crippen LogP contribution in [0.1, 0.15) is 22.9 Å². The van der Waals surface area contributed by atoms with Gasteiger partial charge in [-0.1, -0.05) is 23.4 Å². The summed E-state index contributed by atoms with van der Waals surface area (Å²) in [5.41, 5.74) is 3.41. The molecule has 0 spiro atoms. The van der Waals surface area contributed by atoms with Crippen molar-refractivity contribution in [3.63, 3.8) is 0 Å². The zero-order valence-electron chi connectivity index (χ0n) is 17.5. The van der Waals surface area contributed by atoms with Gasteiger partial charge in [0.05, 0.1) is 18.8 Å². The van der Waals surface area contributed by atoms with E-state index in [1.807, 2.05) is 24.5 Å². The molecule has 2 aromatic heterocycles. The first-order chi connectivity index (χ1) is 15.5. The second-order valence-electron chi connectivity index (χ2n) is 7.52. The van der Waals surface area contributed by atoms with E-state index in [4.69, 9.17) is 16.3 Å². The summed E-state index contributed by atoms with van der Waals surface area (Å²) in [6.07, 6.45) is 2.61. The van der Waals surface area contributed by atoms with E-state index >= 15 is 0 Å². The zero-order valence-corrected chi connectivity index (χ0v) is 19.0. The molecule has 0 aliphatic carbocycles. The molecule has 0 fully saturated rings. The molecule has 2 aromatic carbocycles. The number of thioether (sulfide) groups is 1. The Kier molecular flexibility index (Phi) is 5.36. The van der Waals surface area contributed by atoms with Crippen molar-refractivity contribution in [3.8, 4) is 17.3 Å². The number of hydrogen-bond acceptors (Lipinski definition) is 6. The molecule has 1 aliphatic rings. The fourth-order valence-corrected chi connectivity index (χ4v) is 5.02. The first kappa shape index (κ1) is 20.9. The van der Waals surface area contributed by atoms with Gasteiger partial charge in [0.25, 0.3) is 5.56 Å². The fourth-order valence-electron chi connectivity index (χ4n) is 4.30. The van der Waals surface area contributed by atoms with E-state index in [1.165, 1.54) is 16.3 Å². The third-order valence-corrected chi connectivity index (χ3v) is 6.66. The average molecular weight is 469 g/mol. The molecular weight excluding hydrogens is 448 g/mol. The third kappa shape index (κ3) is 3.35. The van der Waals surface area contributed by atoms with E-state index in [0.29, 0.717) is 28.2 Å². The Labute approximate surface area is 193 Å². The van der Waals surface area contributed by atoms with Crippen LogP contribution >= 0.6 is 23.4 Å². The molecule has 0 saturated carbocycles. The van der Waals surface area contributed by atoms with Crippen LogP contribution in [0.2, 0.25) is 5.02 Å². The number of halogens is 1. The van der Waals surface area contributed by atoms with Crippen LogP contribution in [0.5, 0.6) is 11.6 Å². The SMILES string of the molecule is COc1ccc(-n2c(SC)nc(O)c(C3NCCc4c3[nH]c3ccc(Cl)cc43)c2=O)cc1. The highest BCUT2D eigenvalue weighted by atomic mass is 35.5. The quantitative estimate of drug-likeness (QED) is 0.309. The van der Waals surface area contributed by atoms with Crippen LogP contribution in [-0.4, -0.2) is 39.6 Å². The van der Waals surface area contributed by atoms with Gasteiger partial charge in [0.15, 0.2) is 5.16 Å². The number of nitrogens with zero attached hydrogens (tertiary/aromatic N) is 2. The lowest BCUT2D eigenvalue weighted by molar-refractivity contribution is 0.413. The lowest BCUT2D eigenvalue weighted by atomic mass is 9.95. The molecule has 7 nitrogen and oxygen atoms in total. The predicted molar refractivity (Wildman–Crippen MR) is 127 cm³/mol. The molecule has 3 N–H and O–H groups in total. The number of aromatic amines is 1. The number of benzene rings is 2. The summed E-state index contributed by atoms with van der Waals surface area (Å²) in [5, 5.41) is 16.3. The minimum Gasteiger partial charge on any atom is -0.497 e. The summed E-state index contributed by atoms with van der Waals surface area (Å²) in [5.74, 6) is 0.418. The molecule has 0 amide bonds. The monoisotopic (exact) mass is 468 g/mol. The number of nitrogens with one attached hydrogen (secondary N) is 2. The Morgan fingerprint density at radius 1 is 1.25 bits per heavy atom. The maximum Gasteiger partial charge on any atom is 0.267 e. The molecule has 164 valence electrons. The lowest BCUT2D eigenvalue weighted by Crippen LogP contribution is -2.36. The largest absolute Gasteiger partial charge is 0.497 e. The van der Waals surface area contributed by atoms with Gasteiger partial charge < -0.3 is 20.1 Å². The van der Waals surface area contributed by atoms with Crippen molar-refractivity contribution in [1.82, 2.24) is 19.9 Å². The van der Waals surface area contributed by atoms with Crippen molar-refractivity contribution < 1.29 is 9.84 Å². The predicted octanol–water partition coefficient (Wildman–Crippen LogP) is 4.04. The van der Waals surface area contributed by atoms with Crippen molar-refractivity contribution in [2.24, 2.45) is 0 Å². The first-order valence-electron chi connectivity index (χ1n) is 10.1.